The maximum Gasteiger partial charge on any atom is 0.273 e. The molecule has 9 heteroatoms. The number of carbonyl (C=O) groups excluding carboxylic acids is 2. The van der Waals surface area contributed by atoms with Gasteiger partial charge < -0.3 is 29.4 Å². The highest BCUT2D eigenvalue weighted by molar-refractivity contribution is 5.98. The van der Waals surface area contributed by atoms with E-state index in [0.29, 0.717) is 28.7 Å². The van der Waals surface area contributed by atoms with E-state index in [2.05, 4.69) is 15.8 Å². The molecule has 0 spiro atoms. The van der Waals surface area contributed by atoms with Crippen molar-refractivity contribution in [3.8, 4) is 28.6 Å². The molecule has 3 aromatic rings. The fraction of sp³-hybridized carbons (Fsp3) is 0.150. The van der Waals surface area contributed by atoms with Crippen LogP contribution in [-0.2, 0) is 4.79 Å². The highest BCUT2D eigenvalue weighted by Gasteiger charge is 2.17. The third kappa shape index (κ3) is 4.13. The number of anilines is 1. The minimum absolute atomic E-state index is 0.0682. The van der Waals surface area contributed by atoms with Gasteiger partial charge >= 0.3 is 0 Å². The van der Waals surface area contributed by atoms with E-state index in [0.717, 1.165) is 5.56 Å². The first-order valence-corrected chi connectivity index (χ1v) is 8.71. The van der Waals surface area contributed by atoms with Crippen LogP contribution in [0.4, 0.5) is 5.69 Å². The van der Waals surface area contributed by atoms with Gasteiger partial charge in [-0.25, -0.2) is 0 Å². The number of carbonyl (C=O) groups is 2. The summed E-state index contributed by atoms with van der Waals surface area (Å²) in [6.07, 6.45) is 0. The highest BCUT2D eigenvalue weighted by atomic mass is 16.7. The summed E-state index contributed by atoms with van der Waals surface area (Å²) >= 11 is 0. The van der Waals surface area contributed by atoms with Gasteiger partial charge in [-0.3, -0.25) is 9.59 Å². The molecule has 0 atom stereocenters. The molecule has 2 heterocycles. The van der Waals surface area contributed by atoms with Crippen LogP contribution >= 0.6 is 0 Å². The number of benzene rings is 2. The van der Waals surface area contributed by atoms with Crippen molar-refractivity contribution >= 4 is 17.5 Å². The Morgan fingerprint density at radius 1 is 1.10 bits per heavy atom. The lowest BCUT2D eigenvalue weighted by Gasteiger charge is -2.06. The molecule has 0 radical (unpaired) electrons. The van der Waals surface area contributed by atoms with E-state index in [-0.39, 0.29) is 19.0 Å². The summed E-state index contributed by atoms with van der Waals surface area (Å²) in [7, 11) is 1.56. The Bertz CT molecular complexity index is 1060. The average Bonchev–Trinajstić information content (AvgIpc) is 3.41. The molecule has 2 amide bonds. The molecule has 0 fully saturated rings. The second kappa shape index (κ2) is 7.93. The fourth-order valence-electron chi connectivity index (χ4n) is 2.73. The van der Waals surface area contributed by atoms with E-state index in [1.54, 1.807) is 43.5 Å². The Kier molecular flexibility index (Phi) is 5.02. The first-order chi connectivity index (χ1) is 14.1. The molecule has 1 aliphatic rings. The molecule has 0 aliphatic carbocycles. The van der Waals surface area contributed by atoms with Crippen LogP contribution in [0.15, 0.2) is 53.1 Å². The van der Waals surface area contributed by atoms with Gasteiger partial charge in [0.05, 0.1) is 13.7 Å². The largest absolute Gasteiger partial charge is 0.497 e. The van der Waals surface area contributed by atoms with Crippen molar-refractivity contribution in [1.82, 2.24) is 10.5 Å². The number of ether oxygens (including phenoxy) is 3. The fourth-order valence-corrected chi connectivity index (χ4v) is 2.73. The Hall–Kier alpha value is -4.01. The first-order valence-electron chi connectivity index (χ1n) is 8.71. The number of methoxy groups -OCH3 is 1. The molecule has 4 rings (SSSR count). The van der Waals surface area contributed by atoms with Crippen LogP contribution in [0, 0.1) is 0 Å². The first kappa shape index (κ1) is 18.4. The number of rotatable bonds is 6. The quantitative estimate of drug-likeness (QED) is 0.659. The van der Waals surface area contributed by atoms with E-state index in [1.807, 2.05) is 6.07 Å². The predicted octanol–water partition coefficient (Wildman–Crippen LogP) is 2.45. The summed E-state index contributed by atoms with van der Waals surface area (Å²) in [6, 6.07) is 13.7. The van der Waals surface area contributed by atoms with E-state index >= 15 is 0 Å². The van der Waals surface area contributed by atoms with Crippen LogP contribution in [-0.4, -0.2) is 37.4 Å². The second-order valence-electron chi connectivity index (χ2n) is 6.11. The second-order valence-corrected chi connectivity index (χ2v) is 6.11. The Morgan fingerprint density at radius 2 is 1.97 bits per heavy atom. The molecular formula is C20H17N3O6. The maximum atomic E-state index is 12.2. The molecule has 0 bridgehead atoms. The number of amides is 2. The van der Waals surface area contributed by atoms with Crippen molar-refractivity contribution in [3.05, 3.63) is 54.2 Å². The molecule has 1 aliphatic heterocycles. The van der Waals surface area contributed by atoms with Crippen LogP contribution in [0.3, 0.4) is 0 Å². The monoisotopic (exact) mass is 395 g/mol. The van der Waals surface area contributed by atoms with Crippen LogP contribution in [0.2, 0.25) is 0 Å². The SMILES string of the molecule is COc1cccc(-c2cc(C(=O)NCC(=O)Nc3ccc4c(c3)OCO4)no2)c1. The van der Waals surface area contributed by atoms with Gasteiger partial charge in [0.2, 0.25) is 12.7 Å². The summed E-state index contributed by atoms with van der Waals surface area (Å²) in [5, 5.41) is 8.94. The molecule has 2 aromatic carbocycles. The van der Waals surface area contributed by atoms with Gasteiger partial charge in [-0.1, -0.05) is 17.3 Å². The number of aromatic nitrogens is 1. The highest BCUT2D eigenvalue weighted by Crippen LogP contribution is 2.34. The Balaban J connectivity index is 1.33. The zero-order chi connectivity index (χ0) is 20.2. The number of nitrogens with one attached hydrogen (secondary N) is 2. The minimum Gasteiger partial charge on any atom is -0.497 e. The van der Waals surface area contributed by atoms with E-state index in [9.17, 15) is 9.59 Å². The van der Waals surface area contributed by atoms with Gasteiger partial charge in [0, 0.05) is 23.4 Å². The van der Waals surface area contributed by atoms with E-state index in [1.165, 1.54) is 6.07 Å². The summed E-state index contributed by atoms with van der Waals surface area (Å²) in [5.74, 6) is 1.33. The van der Waals surface area contributed by atoms with Crippen LogP contribution < -0.4 is 24.8 Å². The average molecular weight is 395 g/mol. The zero-order valence-electron chi connectivity index (χ0n) is 15.4. The van der Waals surface area contributed by atoms with Crippen molar-refractivity contribution in [3.63, 3.8) is 0 Å². The maximum absolute atomic E-state index is 12.2. The van der Waals surface area contributed by atoms with Crippen molar-refractivity contribution in [2.45, 2.75) is 0 Å². The smallest absolute Gasteiger partial charge is 0.273 e. The summed E-state index contributed by atoms with van der Waals surface area (Å²) in [4.78, 5) is 24.3. The molecule has 0 saturated carbocycles. The number of nitrogens with zero attached hydrogens (tertiary/aromatic N) is 1. The van der Waals surface area contributed by atoms with Crippen LogP contribution in [0.1, 0.15) is 10.5 Å². The molecule has 0 unspecified atom stereocenters. The van der Waals surface area contributed by atoms with Gasteiger partial charge in [0.15, 0.2) is 23.0 Å². The number of hydrogen-bond donors (Lipinski definition) is 2. The predicted molar refractivity (Wildman–Crippen MR) is 102 cm³/mol. The van der Waals surface area contributed by atoms with Crippen molar-refractivity contribution < 1.29 is 28.3 Å². The molecule has 1 aromatic heterocycles. The molecule has 2 N–H and O–H groups in total. The van der Waals surface area contributed by atoms with Crippen molar-refractivity contribution in [1.29, 1.82) is 0 Å². The van der Waals surface area contributed by atoms with Crippen LogP contribution in [0.5, 0.6) is 17.2 Å². The number of fused-ring (bicyclic) bond motifs is 1. The Labute approximate surface area is 165 Å². The van der Waals surface area contributed by atoms with Crippen molar-refractivity contribution in [2.75, 3.05) is 25.8 Å². The molecule has 148 valence electrons. The molecular weight excluding hydrogens is 378 g/mol. The van der Waals surface area contributed by atoms with Gasteiger partial charge in [0.1, 0.15) is 5.75 Å². The van der Waals surface area contributed by atoms with E-state index in [4.69, 9.17) is 18.7 Å². The van der Waals surface area contributed by atoms with E-state index < -0.39 is 11.8 Å². The standard InChI is InChI=1S/C20H17N3O6/c1-26-14-4-2-3-12(7-14)17-9-15(23-29-17)20(25)21-10-19(24)22-13-5-6-16-18(8-13)28-11-27-16/h2-9H,10-11H2,1H3,(H,21,25)(H,22,24). The van der Waals surface area contributed by atoms with Gasteiger partial charge in [-0.2, -0.15) is 0 Å². The van der Waals surface area contributed by atoms with Crippen molar-refractivity contribution in [2.24, 2.45) is 0 Å². The zero-order valence-corrected chi connectivity index (χ0v) is 15.4. The van der Waals surface area contributed by atoms with Crippen LogP contribution in [0.25, 0.3) is 11.3 Å². The molecule has 9 nitrogen and oxygen atoms in total. The molecule has 29 heavy (non-hydrogen) atoms. The normalized spacial score (nSPS) is 11.8. The Morgan fingerprint density at radius 3 is 2.83 bits per heavy atom. The summed E-state index contributed by atoms with van der Waals surface area (Å²) < 4.78 is 20.9. The summed E-state index contributed by atoms with van der Waals surface area (Å²) in [6.45, 7) is -0.0765. The third-order valence-corrected chi connectivity index (χ3v) is 4.16. The van der Waals surface area contributed by atoms with Gasteiger partial charge in [-0.15, -0.1) is 0 Å². The lowest BCUT2D eigenvalue weighted by atomic mass is 10.1. The molecule has 0 saturated heterocycles. The van der Waals surface area contributed by atoms with Gasteiger partial charge in [-0.05, 0) is 24.3 Å². The minimum atomic E-state index is -0.524. The third-order valence-electron chi connectivity index (χ3n) is 4.16. The number of hydrogen-bond acceptors (Lipinski definition) is 7. The van der Waals surface area contributed by atoms with Gasteiger partial charge in [0.25, 0.3) is 5.91 Å². The summed E-state index contributed by atoms with van der Waals surface area (Å²) in [5.41, 5.74) is 1.32. The lowest BCUT2D eigenvalue weighted by Crippen LogP contribution is -2.33. The lowest BCUT2D eigenvalue weighted by molar-refractivity contribution is -0.115. The topological polar surface area (TPSA) is 112 Å².